The van der Waals surface area contributed by atoms with Gasteiger partial charge in [0.1, 0.15) is 0 Å². The highest BCUT2D eigenvalue weighted by Crippen LogP contribution is 2.30. The van der Waals surface area contributed by atoms with Crippen LogP contribution in [-0.4, -0.2) is 54.2 Å². The minimum Gasteiger partial charge on any atom is -0.452 e. The van der Waals surface area contributed by atoms with E-state index < -0.39 is 17.8 Å². The monoisotopic (exact) mass is 539 g/mol. The van der Waals surface area contributed by atoms with Crippen molar-refractivity contribution in [2.45, 2.75) is 26.2 Å². The Morgan fingerprint density at radius 3 is 2.23 bits per heavy atom. The fourth-order valence-corrected chi connectivity index (χ4v) is 5.14. The van der Waals surface area contributed by atoms with E-state index in [0.717, 1.165) is 24.2 Å². The molecule has 0 spiro atoms. The molecule has 3 aromatic carbocycles. The highest BCUT2D eigenvalue weighted by Gasteiger charge is 2.37. The zero-order valence-corrected chi connectivity index (χ0v) is 22.1. The normalized spacial score (nSPS) is 15.1. The molecule has 2 heterocycles. The third kappa shape index (κ3) is 5.78. The summed E-state index contributed by atoms with van der Waals surface area (Å²) in [6, 6.07) is 20.7. The van der Waals surface area contributed by atoms with Gasteiger partial charge in [-0.2, -0.15) is 0 Å². The number of hydrogen-bond acceptors (Lipinski definition) is 6. The van der Waals surface area contributed by atoms with Gasteiger partial charge in [-0.15, -0.1) is 0 Å². The number of carbonyl (C=O) groups is 5. The van der Waals surface area contributed by atoms with Gasteiger partial charge < -0.3 is 15.0 Å². The van der Waals surface area contributed by atoms with Gasteiger partial charge in [0.15, 0.2) is 6.61 Å². The van der Waals surface area contributed by atoms with Gasteiger partial charge in [-0.1, -0.05) is 30.3 Å². The van der Waals surface area contributed by atoms with Crippen LogP contribution in [0.1, 0.15) is 56.4 Å². The van der Waals surface area contributed by atoms with Crippen LogP contribution in [0.3, 0.4) is 0 Å². The predicted octanol–water partition coefficient (Wildman–Crippen LogP) is 4.08. The number of amides is 4. The lowest BCUT2D eigenvalue weighted by atomic mass is 9.90. The molecular weight excluding hydrogens is 510 g/mol. The van der Waals surface area contributed by atoms with Crippen LogP contribution in [-0.2, 0) is 20.7 Å². The van der Waals surface area contributed by atoms with Crippen LogP contribution in [0.15, 0.2) is 72.8 Å². The summed E-state index contributed by atoms with van der Waals surface area (Å²) in [5.74, 6) is -1.82. The minimum absolute atomic E-state index is 0.0807. The summed E-state index contributed by atoms with van der Waals surface area (Å²) in [6.07, 6.45) is 2.77. The van der Waals surface area contributed by atoms with E-state index in [4.69, 9.17) is 4.74 Å². The number of benzene rings is 3. The van der Waals surface area contributed by atoms with E-state index in [2.05, 4.69) is 17.4 Å². The average molecular weight is 540 g/mol. The molecule has 0 unspecified atom stereocenters. The van der Waals surface area contributed by atoms with E-state index in [-0.39, 0.29) is 35.1 Å². The summed E-state index contributed by atoms with van der Waals surface area (Å²) < 4.78 is 5.27. The number of ether oxygens (including phenoxy) is 1. The second-order valence-corrected chi connectivity index (χ2v) is 10.0. The van der Waals surface area contributed by atoms with Gasteiger partial charge in [0.2, 0.25) is 5.91 Å². The van der Waals surface area contributed by atoms with Crippen molar-refractivity contribution in [3.63, 3.8) is 0 Å². The van der Waals surface area contributed by atoms with Crippen molar-refractivity contribution in [1.29, 1.82) is 0 Å². The van der Waals surface area contributed by atoms with Crippen LogP contribution in [0.25, 0.3) is 0 Å². The number of carbonyl (C=O) groups excluding carboxylic acids is 5. The largest absolute Gasteiger partial charge is 0.452 e. The Morgan fingerprint density at radius 2 is 1.55 bits per heavy atom. The fraction of sp³-hybridized carbons (Fsp3) is 0.258. The maximum atomic E-state index is 13.1. The molecular formula is C31H29N3O6. The highest BCUT2D eigenvalue weighted by atomic mass is 16.5. The number of nitrogens with one attached hydrogen (secondary N) is 1. The van der Waals surface area contributed by atoms with E-state index in [1.807, 2.05) is 18.2 Å². The lowest BCUT2D eigenvalue weighted by Crippen LogP contribution is -2.41. The molecule has 204 valence electrons. The van der Waals surface area contributed by atoms with Crippen LogP contribution < -0.4 is 10.2 Å². The van der Waals surface area contributed by atoms with E-state index in [1.165, 1.54) is 30.7 Å². The van der Waals surface area contributed by atoms with Gasteiger partial charge in [0, 0.05) is 25.7 Å². The van der Waals surface area contributed by atoms with Crippen LogP contribution in [0, 0.1) is 5.92 Å². The number of rotatable bonds is 7. The van der Waals surface area contributed by atoms with Crippen LogP contribution in [0.2, 0.25) is 0 Å². The van der Waals surface area contributed by atoms with Crippen LogP contribution in [0.5, 0.6) is 0 Å². The van der Waals surface area contributed by atoms with Crippen molar-refractivity contribution in [2.75, 3.05) is 29.9 Å². The molecule has 1 saturated heterocycles. The van der Waals surface area contributed by atoms with Gasteiger partial charge in [-0.25, -0.2) is 9.69 Å². The van der Waals surface area contributed by atoms with Crippen LogP contribution in [0.4, 0.5) is 11.4 Å². The van der Waals surface area contributed by atoms with E-state index >= 15 is 0 Å². The molecule has 0 aromatic heterocycles. The first-order chi connectivity index (χ1) is 19.3. The summed E-state index contributed by atoms with van der Waals surface area (Å²) in [4.78, 5) is 65.4. The Balaban J connectivity index is 1.16. The van der Waals surface area contributed by atoms with Gasteiger partial charge in [-0.3, -0.25) is 19.2 Å². The Morgan fingerprint density at radius 1 is 0.875 bits per heavy atom. The molecule has 2 aliphatic heterocycles. The zero-order valence-electron chi connectivity index (χ0n) is 22.1. The first-order valence-electron chi connectivity index (χ1n) is 13.2. The number of fused-ring (bicyclic) bond motifs is 1. The average Bonchev–Trinajstić information content (AvgIpc) is 3.21. The van der Waals surface area contributed by atoms with Crippen molar-refractivity contribution in [3.8, 4) is 0 Å². The maximum Gasteiger partial charge on any atom is 0.338 e. The van der Waals surface area contributed by atoms with Gasteiger partial charge >= 0.3 is 5.97 Å². The number of imide groups is 1. The highest BCUT2D eigenvalue weighted by molar-refractivity contribution is 6.34. The lowest BCUT2D eigenvalue weighted by molar-refractivity contribution is -0.135. The summed E-state index contributed by atoms with van der Waals surface area (Å²) >= 11 is 0. The van der Waals surface area contributed by atoms with Crippen molar-refractivity contribution >= 4 is 41.0 Å². The Bertz CT molecular complexity index is 1460. The van der Waals surface area contributed by atoms with Crippen molar-refractivity contribution in [3.05, 3.63) is 95.1 Å². The molecule has 0 aliphatic carbocycles. The third-order valence-electron chi connectivity index (χ3n) is 7.23. The Labute approximate surface area is 231 Å². The van der Waals surface area contributed by atoms with Crippen LogP contribution >= 0.6 is 0 Å². The molecule has 0 atom stereocenters. The SMILES string of the molecule is CC(=O)Nc1ccc(N2C(=O)c3ccc(C(=O)OCC(=O)N4CCC(Cc5ccccc5)CC4)cc3C2=O)cc1. The molecule has 0 saturated carbocycles. The first kappa shape index (κ1) is 26.8. The number of piperidine rings is 1. The van der Waals surface area contributed by atoms with Gasteiger partial charge in [0.05, 0.1) is 22.4 Å². The van der Waals surface area contributed by atoms with E-state index in [1.54, 1.807) is 29.2 Å². The molecule has 0 bridgehead atoms. The first-order valence-corrected chi connectivity index (χ1v) is 13.2. The number of hydrogen-bond donors (Lipinski definition) is 1. The molecule has 9 nitrogen and oxygen atoms in total. The second-order valence-electron chi connectivity index (χ2n) is 10.0. The van der Waals surface area contributed by atoms with E-state index in [0.29, 0.717) is 30.4 Å². The molecule has 3 aromatic rings. The second kappa shape index (κ2) is 11.5. The number of esters is 1. The molecule has 5 rings (SSSR count). The van der Waals surface area contributed by atoms with Gasteiger partial charge in [-0.05, 0) is 73.2 Å². The van der Waals surface area contributed by atoms with Crippen molar-refractivity contribution in [2.24, 2.45) is 5.92 Å². The molecule has 4 amide bonds. The summed E-state index contributed by atoms with van der Waals surface area (Å²) in [6.45, 7) is 2.22. The molecule has 1 N–H and O–H groups in total. The lowest BCUT2D eigenvalue weighted by Gasteiger charge is -2.32. The fourth-order valence-electron chi connectivity index (χ4n) is 5.14. The summed E-state index contributed by atoms with van der Waals surface area (Å²) in [7, 11) is 0. The third-order valence-corrected chi connectivity index (χ3v) is 7.23. The maximum absolute atomic E-state index is 13.1. The summed E-state index contributed by atoms with van der Waals surface area (Å²) in [5.41, 5.74) is 2.49. The Kier molecular flexibility index (Phi) is 7.72. The zero-order chi connectivity index (χ0) is 28.2. The molecule has 1 fully saturated rings. The molecule has 2 aliphatic rings. The number of anilines is 2. The quantitative estimate of drug-likeness (QED) is 0.358. The predicted molar refractivity (Wildman–Crippen MR) is 148 cm³/mol. The van der Waals surface area contributed by atoms with Crippen molar-refractivity contribution in [1.82, 2.24) is 4.90 Å². The van der Waals surface area contributed by atoms with Crippen molar-refractivity contribution < 1.29 is 28.7 Å². The standard InChI is InChI=1S/C31H29N3O6/c1-20(35)32-24-8-10-25(11-9-24)34-29(37)26-12-7-23(18-27(26)30(34)38)31(39)40-19-28(36)33-15-13-22(14-16-33)17-21-5-3-2-4-6-21/h2-12,18,22H,13-17,19H2,1H3,(H,32,35). The topological polar surface area (TPSA) is 113 Å². The molecule has 9 heteroatoms. The summed E-state index contributed by atoms with van der Waals surface area (Å²) in [5, 5.41) is 2.63. The van der Waals surface area contributed by atoms with Gasteiger partial charge in [0.25, 0.3) is 17.7 Å². The Hall–Kier alpha value is -4.79. The molecule has 0 radical (unpaired) electrons. The number of nitrogens with zero attached hydrogens (tertiary/aromatic N) is 2. The smallest absolute Gasteiger partial charge is 0.338 e. The number of likely N-dealkylation sites (tertiary alicyclic amines) is 1. The molecule has 40 heavy (non-hydrogen) atoms. The van der Waals surface area contributed by atoms with E-state index in [9.17, 15) is 24.0 Å². The minimum atomic E-state index is -0.742.